The molecule has 0 spiro atoms. The Kier molecular flexibility index (Phi) is 3.95. The zero-order valence-electron chi connectivity index (χ0n) is 11.3. The minimum Gasteiger partial charge on any atom is -0.490 e. The molecule has 1 fully saturated rings. The fraction of sp³-hybridized carbons (Fsp3) is 0.500. The molecule has 0 aromatic heterocycles. The van der Waals surface area contributed by atoms with Gasteiger partial charge in [-0.3, -0.25) is 0 Å². The Morgan fingerprint density at radius 1 is 1.42 bits per heavy atom. The molecule has 1 saturated heterocycles. The lowest BCUT2D eigenvalue weighted by Gasteiger charge is -2.29. The van der Waals surface area contributed by atoms with Crippen molar-refractivity contribution in [2.24, 2.45) is 0 Å². The second kappa shape index (κ2) is 5.48. The van der Waals surface area contributed by atoms with Crippen molar-refractivity contribution in [2.45, 2.75) is 25.9 Å². The number of aromatic carboxylic acids is 1. The largest absolute Gasteiger partial charge is 0.490 e. The number of carbonyl (C=O) groups is 1. The summed E-state index contributed by atoms with van der Waals surface area (Å²) in [5, 5.41) is 9.11. The van der Waals surface area contributed by atoms with Gasteiger partial charge in [-0.25, -0.2) is 4.79 Å². The zero-order valence-corrected chi connectivity index (χ0v) is 11.3. The van der Waals surface area contributed by atoms with Gasteiger partial charge in [-0.05, 0) is 44.5 Å². The normalized spacial score (nSPS) is 17.4. The molecule has 0 unspecified atom stereocenters. The number of aryl methyl sites for hydroxylation is 1. The number of nitrogens with zero attached hydrogens (tertiary/aromatic N) is 1. The minimum absolute atomic E-state index is 0.114. The first-order valence-corrected chi connectivity index (χ1v) is 6.46. The van der Waals surface area contributed by atoms with E-state index in [2.05, 4.69) is 11.9 Å². The zero-order chi connectivity index (χ0) is 14.0. The van der Waals surface area contributed by atoms with Crippen LogP contribution in [-0.2, 0) is 0 Å². The van der Waals surface area contributed by atoms with Crippen molar-refractivity contribution in [1.29, 1.82) is 0 Å². The van der Waals surface area contributed by atoms with Crippen LogP contribution in [0, 0.1) is 6.92 Å². The minimum atomic E-state index is -1.02. The number of hydrogen-bond acceptors (Lipinski definition) is 4. The fourth-order valence-electron chi connectivity index (χ4n) is 2.31. The summed E-state index contributed by atoms with van der Waals surface area (Å²) in [6.45, 7) is 3.80. The topological polar surface area (TPSA) is 75.8 Å². The number of benzene rings is 1. The Morgan fingerprint density at radius 3 is 2.63 bits per heavy atom. The summed E-state index contributed by atoms with van der Waals surface area (Å²) in [6, 6.07) is 3.32. The Morgan fingerprint density at radius 2 is 2.05 bits per heavy atom. The van der Waals surface area contributed by atoms with Gasteiger partial charge >= 0.3 is 5.97 Å². The molecule has 5 heteroatoms. The number of rotatable bonds is 3. The van der Waals surface area contributed by atoms with E-state index in [9.17, 15) is 4.79 Å². The van der Waals surface area contributed by atoms with E-state index in [1.165, 1.54) is 6.07 Å². The van der Waals surface area contributed by atoms with Gasteiger partial charge in [0.2, 0.25) is 0 Å². The van der Waals surface area contributed by atoms with Crippen LogP contribution < -0.4 is 10.5 Å². The van der Waals surface area contributed by atoms with Crippen LogP contribution in [0.4, 0.5) is 5.69 Å². The van der Waals surface area contributed by atoms with Crippen LogP contribution in [0.1, 0.15) is 28.8 Å². The molecule has 0 bridgehead atoms. The first-order valence-electron chi connectivity index (χ1n) is 6.46. The van der Waals surface area contributed by atoms with E-state index in [4.69, 9.17) is 15.6 Å². The van der Waals surface area contributed by atoms with Gasteiger partial charge in [0.05, 0.1) is 5.56 Å². The number of ether oxygens (including phenoxy) is 1. The summed E-state index contributed by atoms with van der Waals surface area (Å²) in [5.74, 6) is -0.423. The summed E-state index contributed by atoms with van der Waals surface area (Å²) in [6.07, 6.45) is 2.07. The molecule has 1 aromatic rings. The molecule has 1 aromatic carbocycles. The lowest BCUT2D eigenvalue weighted by Crippen LogP contribution is -2.35. The average molecular weight is 264 g/mol. The molecule has 0 saturated carbocycles. The van der Waals surface area contributed by atoms with Crippen LogP contribution in [0.3, 0.4) is 0 Å². The Hall–Kier alpha value is -1.75. The van der Waals surface area contributed by atoms with Crippen molar-refractivity contribution in [1.82, 2.24) is 4.90 Å². The number of likely N-dealkylation sites (tertiary alicyclic amines) is 1. The predicted octanol–water partition coefficient (Wildman–Crippen LogP) is 1.75. The lowest BCUT2D eigenvalue weighted by molar-refractivity contribution is 0.0696. The quantitative estimate of drug-likeness (QED) is 0.813. The van der Waals surface area contributed by atoms with Crippen molar-refractivity contribution in [3.63, 3.8) is 0 Å². The third-order valence-electron chi connectivity index (χ3n) is 3.56. The molecular formula is C14H20N2O3. The molecule has 1 aliphatic heterocycles. The molecule has 104 valence electrons. The average Bonchev–Trinajstić information content (AvgIpc) is 2.36. The Balaban J connectivity index is 2.14. The number of anilines is 1. The van der Waals surface area contributed by atoms with Gasteiger partial charge in [0, 0.05) is 18.8 Å². The van der Waals surface area contributed by atoms with E-state index >= 15 is 0 Å². The van der Waals surface area contributed by atoms with Gasteiger partial charge in [-0.15, -0.1) is 0 Å². The Labute approximate surface area is 113 Å². The van der Waals surface area contributed by atoms with Gasteiger partial charge in [-0.1, -0.05) is 0 Å². The number of nitrogens with two attached hydrogens (primary N) is 1. The van der Waals surface area contributed by atoms with Crippen molar-refractivity contribution < 1.29 is 14.6 Å². The third kappa shape index (κ3) is 3.17. The van der Waals surface area contributed by atoms with Crippen molar-refractivity contribution in [3.8, 4) is 5.75 Å². The van der Waals surface area contributed by atoms with E-state index in [0.29, 0.717) is 11.4 Å². The summed E-state index contributed by atoms with van der Waals surface area (Å²) in [4.78, 5) is 13.4. The number of piperidine rings is 1. The van der Waals surface area contributed by atoms with E-state index in [1.807, 2.05) is 0 Å². The van der Waals surface area contributed by atoms with Gasteiger partial charge < -0.3 is 20.5 Å². The SMILES string of the molecule is Cc1cc(OC2CCN(C)CC2)cc(C(=O)O)c1N. The molecule has 0 radical (unpaired) electrons. The highest BCUT2D eigenvalue weighted by Gasteiger charge is 2.19. The number of hydrogen-bond donors (Lipinski definition) is 2. The van der Waals surface area contributed by atoms with E-state index in [-0.39, 0.29) is 11.7 Å². The molecule has 0 aliphatic carbocycles. The van der Waals surface area contributed by atoms with Gasteiger partial charge in [0.25, 0.3) is 0 Å². The Bertz CT molecular complexity index is 480. The maximum atomic E-state index is 11.1. The fourth-order valence-corrected chi connectivity index (χ4v) is 2.31. The maximum Gasteiger partial charge on any atom is 0.337 e. The lowest BCUT2D eigenvalue weighted by atomic mass is 10.1. The van der Waals surface area contributed by atoms with E-state index in [0.717, 1.165) is 31.5 Å². The summed E-state index contributed by atoms with van der Waals surface area (Å²) in [7, 11) is 2.09. The van der Waals surface area contributed by atoms with E-state index in [1.54, 1.807) is 13.0 Å². The highest BCUT2D eigenvalue weighted by Crippen LogP contribution is 2.26. The predicted molar refractivity (Wildman–Crippen MR) is 73.7 cm³/mol. The number of carboxylic acids is 1. The highest BCUT2D eigenvalue weighted by atomic mass is 16.5. The second-order valence-electron chi connectivity index (χ2n) is 5.13. The van der Waals surface area contributed by atoms with Crippen LogP contribution in [-0.4, -0.2) is 42.2 Å². The summed E-state index contributed by atoms with van der Waals surface area (Å²) >= 11 is 0. The molecular weight excluding hydrogens is 244 g/mol. The number of nitrogen functional groups attached to an aromatic ring is 1. The summed E-state index contributed by atoms with van der Waals surface area (Å²) in [5.41, 5.74) is 6.92. The molecule has 3 N–H and O–H groups in total. The van der Waals surface area contributed by atoms with Crippen molar-refractivity contribution in [2.75, 3.05) is 25.9 Å². The second-order valence-corrected chi connectivity index (χ2v) is 5.13. The third-order valence-corrected chi connectivity index (χ3v) is 3.56. The van der Waals surface area contributed by atoms with Crippen LogP contribution in [0.2, 0.25) is 0 Å². The molecule has 0 amide bonds. The van der Waals surface area contributed by atoms with Gasteiger partial charge in [-0.2, -0.15) is 0 Å². The highest BCUT2D eigenvalue weighted by molar-refractivity contribution is 5.95. The standard InChI is InChI=1S/C14H20N2O3/c1-9-7-11(8-12(13(9)15)14(17)18)19-10-3-5-16(2)6-4-10/h7-8,10H,3-6,15H2,1-2H3,(H,17,18). The first kappa shape index (κ1) is 13.7. The van der Waals surface area contributed by atoms with Crippen LogP contribution in [0.15, 0.2) is 12.1 Å². The van der Waals surface area contributed by atoms with Crippen LogP contribution in [0.25, 0.3) is 0 Å². The van der Waals surface area contributed by atoms with E-state index < -0.39 is 5.97 Å². The molecule has 5 nitrogen and oxygen atoms in total. The molecule has 19 heavy (non-hydrogen) atoms. The molecule has 2 rings (SSSR count). The molecule has 1 heterocycles. The van der Waals surface area contributed by atoms with Crippen molar-refractivity contribution >= 4 is 11.7 Å². The number of carboxylic acid groups (broad SMARTS) is 1. The molecule has 1 aliphatic rings. The van der Waals surface area contributed by atoms with Gasteiger partial charge in [0.1, 0.15) is 11.9 Å². The van der Waals surface area contributed by atoms with Crippen molar-refractivity contribution in [3.05, 3.63) is 23.3 Å². The smallest absolute Gasteiger partial charge is 0.337 e. The summed E-state index contributed by atoms with van der Waals surface area (Å²) < 4.78 is 5.88. The maximum absolute atomic E-state index is 11.1. The van der Waals surface area contributed by atoms with Crippen LogP contribution in [0.5, 0.6) is 5.75 Å². The van der Waals surface area contributed by atoms with Crippen LogP contribution >= 0.6 is 0 Å². The molecule has 0 atom stereocenters. The monoisotopic (exact) mass is 264 g/mol. The van der Waals surface area contributed by atoms with Gasteiger partial charge in [0.15, 0.2) is 0 Å². The first-order chi connectivity index (χ1) is 8.97.